The molecule has 0 saturated carbocycles. The fourth-order valence-corrected chi connectivity index (χ4v) is 1.54. The van der Waals surface area contributed by atoms with Gasteiger partial charge < -0.3 is 16.0 Å². The summed E-state index contributed by atoms with van der Waals surface area (Å²) in [7, 11) is 0. The number of rotatable bonds is 5. The summed E-state index contributed by atoms with van der Waals surface area (Å²) in [5.41, 5.74) is 0.117. The molecule has 0 aliphatic rings. The minimum Gasteiger partial charge on any atom is -0.370 e. The summed E-state index contributed by atoms with van der Waals surface area (Å²) in [5.74, 6) is 0.183. The highest BCUT2D eigenvalue weighted by Crippen LogP contribution is 2.04. The summed E-state index contributed by atoms with van der Waals surface area (Å²) in [5, 5.41) is 8.38. The SMILES string of the molecule is CCNc1ccc(C(=O)NCC(=O)NC(C)(C)C)cn1. The molecule has 0 radical (unpaired) electrons. The Morgan fingerprint density at radius 1 is 1.25 bits per heavy atom. The second kappa shape index (κ2) is 6.88. The maximum atomic E-state index is 11.8. The number of carbonyl (C=O) groups is 2. The first-order valence-electron chi connectivity index (χ1n) is 6.61. The summed E-state index contributed by atoms with van der Waals surface area (Å²) in [6.45, 7) is 8.34. The highest BCUT2D eigenvalue weighted by Gasteiger charge is 2.14. The highest BCUT2D eigenvalue weighted by atomic mass is 16.2. The monoisotopic (exact) mass is 278 g/mol. The number of hydrogen-bond donors (Lipinski definition) is 3. The lowest BCUT2D eigenvalue weighted by Crippen LogP contribution is -2.45. The van der Waals surface area contributed by atoms with Crippen molar-refractivity contribution in [2.24, 2.45) is 0 Å². The molecule has 0 bridgehead atoms. The van der Waals surface area contributed by atoms with Crippen molar-refractivity contribution < 1.29 is 9.59 Å². The number of aromatic nitrogens is 1. The van der Waals surface area contributed by atoms with Gasteiger partial charge in [0.2, 0.25) is 5.91 Å². The Bertz CT molecular complexity index is 463. The number of pyridine rings is 1. The molecule has 3 N–H and O–H groups in total. The van der Waals surface area contributed by atoms with E-state index in [1.807, 2.05) is 27.7 Å². The zero-order chi connectivity index (χ0) is 15.2. The van der Waals surface area contributed by atoms with Gasteiger partial charge in [-0.15, -0.1) is 0 Å². The zero-order valence-electron chi connectivity index (χ0n) is 12.4. The summed E-state index contributed by atoms with van der Waals surface area (Å²) in [6.07, 6.45) is 1.48. The molecule has 0 unspecified atom stereocenters. The van der Waals surface area contributed by atoms with Crippen molar-refractivity contribution >= 4 is 17.6 Å². The number of nitrogens with one attached hydrogen (secondary N) is 3. The van der Waals surface area contributed by atoms with Crippen LogP contribution in [0.4, 0.5) is 5.82 Å². The largest absolute Gasteiger partial charge is 0.370 e. The molecule has 1 rings (SSSR count). The van der Waals surface area contributed by atoms with Gasteiger partial charge in [0.25, 0.3) is 5.91 Å². The summed E-state index contributed by atoms with van der Waals surface area (Å²) in [4.78, 5) is 27.5. The molecule has 0 spiro atoms. The molecule has 110 valence electrons. The lowest BCUT2D eigenvalue weighted by Gasteiger charge is -2.20. The van der Waals surface area contributed by atoms with Crippen molar-refractivity contribution in [3.8, 4) is 0 Å². The van der Waals surface area contributed by atoms with Gasteiger partial charge in [-0.1, -0.05) is 0 Å². The molecule has 20 heavy (non-hydrogen) atoms. The van der Waals surface area contributed by atoms with E-state index in [0.717, 1.165) is 12.4 Å². The van der Waals surface area contributed by atoms with Crippen LogP contribution in [0.1, 0.15) is 38.1 Å². The second-order valence-corrected chi connectivity index (χ2v) is 5.44. The van der Waals surface area contributed by atoms with Gasteiger partial charge in [0.1, 0.15) is 5.82 Å². The van der Waals surface area contributed by atoms with Gasteiger partial charge in [0.15, 0.2) is 0 Å². The Hall–Kier alpha value is -2.11. The third-order valence-corrected chi connectivity index (χ3v) is 2.31. The number of nitrogens with zero attached hydrogens (tertiary/aromatic N) is 1. The van der Waals surface area contributed by atoms with Crippen LogP contribution in [0, 0.1) is 0 Å². The van der Waals surface area contributed by atoms with E-state index in [-0.39, 0.29) is 23.9 Å². The standard InChI is InChI=1S/C14H22N4O2/c1-5-15-11-7-6-10(8-16-11)13(20)17-9-12(19)18-14(2,3)4/h6-8H,5,9H2,1-4H3,(H,15,16)(H,17,20)(H,18,19). The number of carbonyl (C=O) groups excluding carboxylic acids is 2. The Balaban J connectivity index is 2.48. The van der Waals surface area contributed by atoms with E-state index in [0.29, 0.717) is 5.56 Å². The molecule has 1 heterocycles. The number of hydrogen-bond acceptors (Lipinski definition) is 4. The molecular formula is C14H22N4O2. The minimum atomic E-state index is -0.315. The highest BCUT2D eigenvalue weighted by molar-refractivity contribution is 5.96. The summed E-state index contributed by atoms with van der Waals surface area (Å²) < 4.78 is 0. The summed E-state index contributed by atoms with van der Waals surface area (Å²) >= 11 is 0. The average molecular weight is 278 g/mol. The molecule has 1 aromatic heterocycles. The van der Waals surface area contributed by atoms with E-state index in [9.17, 15) is 9.59 Å². The molecule has 1 aromatic rings. The van der Waals surface area contributed by atoms with Crippen LogP contribution in [-0.2, 0) is 4.79 Å². The molecule has 6 heteroatoms. The molecule has 0 saturated heterocycles. The number of amides is 2. The summed E-state index contributed by atoms with van der Waals surface area (Å²) in [6, 6.07) is 3.40. The maximum Gasteiger partial charge on any atom is 0.253 e. The number of anilines is 1. The lowest BCUT2D eigenvalue weighted by atomic mass is 10.1. The Labute approximate surface area is 119 Å². The van der Waals surface area contributed by atoms with Gasteiger partial charge in [-0.25, -0.2) is 4.98 Å². The first kappa shape index (κ1) is 15.9. The lowest BCUT2D eigenvalue weighted by molar-refractivity contribution is -0.121. The fourth-order valence-electron chi connectivity index (χ4n) is 1.54. The van der Waals surface area contributed by atoms with E-state index >= 15 is 0 Å². The maximum absolute atomic E-state index is 11.8. The van der Waals surface area contributed by atoms with Crippen molar-refractivity contribution in [1.82, 2.24) is 15.6 Å². The normalized spacial score (nSPS) is 10.8. The van der Waals surface area contributed by atoms with E-state index in [2.05, 4.69) is 20.9 Å². The van der Waals surface area contributed by atoms with Gasteiger partial charge in [-0.3, -0.25) is 9.59 Å². The van der Waals surface area contributed by atoms with Crippen LogP contribution in [0.2, 0.25) is 0 Å². The van der Waals surface area contributed by atoms with Crippen LogP contribution in [0.3, 0.4) is 0 Å². The van der Waals surface area contributed by atoms with Gasteiger partial charge in [0, 0.05) is 18.3 Å². The molecule has 0 aromatic carbocycles. The molecule has 0 aliphatic heterocycles. The van der Waals surface area contributed by atoms with E-state index in [1.165, 1.54) is 6.20 Å². The predicted molar refractivity (Wildman–Crippen MR) is 78.6 cm³/mol. The molecule has 2 amide bonds. The molecule has 0 atom stereocenters. The quantitative estimate of drug-likeness (QED) is 0.754. The first-order chi connectivity index (χ1) is 9.31. The van der Waals surface area contributed by atoms with Gasteiger partial charge >= 0.3 is 0 Å². The Kier molecular flexibility index (Phi) is 5.49. The van der Waals surface area contributed by atoms with Crippen LogP contribution < -0.4 is 16.0 Å². The van der Waals surface area contributed by atoms with Gasteiger partial charge in [-0.05, 0) is 39.8 Å². The van der Waals surface area contributed by atoms with Crippen LogP contribution >= 0.6 is 0 Å². The van der Waals surface area contributed by atoms with Crippen molar-refractivity contribution in [1.29, 1.82) is 0 Å². The van der Waals surface area contributed by atoms with Gasteiger partial charge in [-0.2, -0.15) is 0 Å². The third kappa shape index (κ3) is 5.69. The van der Waals surface area contributed by atoms with E-state index in [4.69, 9.17) is 0 Å². The molecule has 0 fully saturated rings. The van der Waals surface area contributed by atoms with Crippen LogP contribution in [0.25, 0.3) is 0 Å². The van der Waals surface area contributed by atoms with Gasteiger partial charge in [0.05, 0.1) is 12.1 Å². The van der Waals surface area contributed by atoms with E-state index < -0.39 is 0 Å². The second-order valence-electron chi connectivity index (χ2n) is 5.44. The Morgan fingerprint density at radius 2 is 1.95 bits per heavy atom. The van der Waals surface area contributed by atoms with Crippen LogP contribution in [0.5, 0.6) is 0 Å². The van der Waals surface area contributed by atoms with Crippen molar-refractivity contribution in [3.05, 3.63) is 23.9 Å². The average Bonchev–Trinajstić information content (AvgIpc) is 2.35. The topological polar surface area (TPSA) is 83.1 Å². The smallest absolute Gasteiger partial charge is 0.253 e. The predicted octanol–water partition coefficient (Wildman–Crippen LogP) is 1.16. The van der Waals surface area contributed by atoms with E-state index in [1.54, 1.807) is 12.1 Å². The molecule has 6 nitrogen and oxygen atoms in total. The Morgan fingerprint density at radius 3 is 2.45 bits per heavy atom. The van der Waals surface area contributed by atoms with Crippen molar-refractivity contribution in [2.75, 3.05) is 18.4 Å². The van der Waals surface area contributed by atoms with Crippen LogP contribution in [0.15, 0.2) is 18.3 Å². The molecular weight excluding hydrogens is 256 g/mol. The molecule has 0 aliphatic carbocycles. The first-order valence-corrected chi connectivity index (χ1v) is 6.61. The van der Waals surface area contributed by atoms with Crippen molar-refractivity contribution in [2.45, 2.75) is 33.2 Å². The fraction of sp³-hybridized carbons (Fsp3) is 0.500. The van der Waals surface area contributed by atoms with Crippen LogP contribution in [-0.4, -0.2) is 35.4 Å². The minimum absolute atomic E-state index is 0.0505. The van der Waals surface area contributed by atoms with Crippen molar-refractivity contribution in [3.63, 3.8) is 0 Å². The third-order valence-electron chi connectivity index (χ3n) is 2.31. The zero-order valence-corrected chi connectivity index (χ0v) is 12.4.